The number of benzene rings is 1. The molecule has 1 rings (SSSR count). The van der Waals surface area contributed by atoms with Gasteiger partial charge in [-0.2, -0.15) is 12.6 Å². The number of nitrogens with one attached hydrogen (secondary N) is 1. The summed E-state index contributed by atoms with van der Waals surface area (Å²) in [6, 6.07) is 4.07. The van der Waals surface area contributed by atoms with Crippen molar-refractivity contribution in [3.05, 3.63) is 28.8 Å². The summed E-state index contributed by atoms with van der Waals surface area (Å²) in [4.78, 5) is 23.2. The molecule has 0 unspecified atom stereocenters. The molecule has 98 valence electrons. The number of thiol groups is 1. The van der Waals surface area contributed by atoms with Crippen molar-refractivity contribution in [2.24, 2.45) is 0 Å². The number of nitrogens with two attached hydrogens (primary N) is 1. The summed E-state index contributed by atoms with van der Waals surface area (Å²) in [6.07, 6.45) is 0.493. The normalized spacial score (nSPS) is 11.9. The van der Waals surface area contributed by atoms with Gasteiger partial charge in [0.05, 0.1) is 16.8 Å². The zero-order valence-corrected chi connectivity index (χ0v) is 11.6. The summed E-state index contributed by atoms with van der Waals surface area (Å²) >= 11 is 9.89. The smallest absolute Gasteiger partial charge is 0.251 e. The van der Waals surface area contributed by atoms with Crippen LogP contribution < -0.4 is 11.1 Å². The quantitative estimate of drug-likeness (QED) is 0.572. The first-order valence-corrected chi connectivity index (χ1v) is 6.44. The van der Waals surface area contributed by atoms with Crippen molar-refractivity contribution in [1.82, 2.24) is 5.32 Å². The summed E-state index contributed by atoms with van der Waals surface area (Å²) in [5.74, 6) is 0.0744. The second-order valence-electron chi connectivity index (χ2n) is 3.89. The van der Waals surface area contributed by atoms with Gasteiger partial charge in [-0.1, -0.05) is 11.6 Å². The lowest BCUT2D eigenvalue weighted by Gasteiger charge is -2.15. The molecule has 4 nitrogen and oxygen atoms in total. The van der Waals surface area contributed by atoms with E-state index in [1.807, 2.05) is 0 Å². The van der Waals surface area contributed by atoms with Crippen molar-refractivity contribution in [2.75, 3.05) is 11.5 Å². The third-order valence-electron chi connectivity index (χ3n) is 2.48. The minimum absolute atomic E-state index is 0.0982. The van der Waals surface area contributed by atoms with Crippen LogP contribution in [0.15, 0.2) is 18.2 Å². The van der Waals surface area contributed by atoms with Gasteiger partial charge in [-0.25, -0.2) is 0 Å². The van der Waals surface area contributed by atoms with Gasteiger partial charge in [0.25, 0.3) is 5.91 Å². The summed E-state index contributed by atoms with van der Waals surface area (Å²) < 4.78 is 0. The highest BCUT2D eigenvalue weighted by Crippen LogP contribution is 2.19. The van der Waals surface area contributed by atoms with Gasteiger partial charge < -0.3 is 11.1 Å². The molecule has 3 N–H and O–H groups in total. The molecule has 0 aliphatic rings. The fourth-order valence-corrected chi connectivity index (χ4v) is 1.85. The maximum Gasteiger partial charge on any atom is 0.251 e. The first kappa shape index (κ1) is 14.9. The molecule has 0 aromatic heterocycles. The molecule has 0 aliphatic carbocycles. The Balaban J connectivity index is 2.80. The fraction of sp³-hybridized carbons (Fsp3) is 0.333. The zero-order valence-electron chi connectivity index (χ0n) is 9.94. The first-order chi connectivity index (χ1) is 8.45. The maximum atomic E-state index is 11.9. The van der Waals surface area contributed by atoms with Crippen LogP contribution in [0.5, 0.6) is 0 Å². The van der Waals surface area contributed by atoms with E-state index >= 15 is 0 Å². The number of halogens is 1. The maximum absolute atomic E-state index is 11.9. The van der Waals surface area contributed by atoms with Gasteiger partial charge in [0.15, 0.2) is 5.78 Å². The number of carbonyl (C=O) groups excluding carboxylic acids is 2. The third kappa shape index (κ3) is 3.92. The van der Waals surface area contributed by atoms with Gasteiger partial charge in [0, 0.05) is 5.56 Å². The predicted molar refractivity (Wildman–Crippen MR) is 76.3 cm³/mol. The Morgan fingerprint density at radius 1 is 1.50 bits per heavy atom. The monoisotopic (exact) mass is 286 g/mol. The van der Waals surface area contributed by atoms with E-state index < -0.39 is 6.04 Å². The van der Waals surface area contributed by atoms with E-state index in [4.69, 9.17) is 17.3 Å². The Morgan fingerprint density at radius 2 is 2.17 bits per heavy atom. The average Bonchev–Trinajstić information content (AvgIpc) is 2.31. The molecule has 18 heavy (non-hydrogen) atoms. The van der Waals surface area contributed by atoms with Gasteiger partial charge >= 0.3 is 0 Å². The molecule has 6 heteroatoms. The van der Waals surface area contributed by atoms with Gasteiger partial charge in [0.1, 0.15) is 0 Å². The molecule has 1 aromatic carbocycles. The number of Topliss-reactive ketones (excluding diaryl/α,β-unsaturated/α-hetero) is 1. The molecule has 0 aliphatic heterocycles. The Hall–Kier alpha value is -1.20. The highest BCUT2D eigenvalue weighted by Gasteiger charge is 2.17. The Labute approximate surface area is 116 Å². The lowest BCUT2D eigenvalue weighted by atomic mass is 10.1. The minimum atomic E-state index is -0.522. The largest absolute Gasteiger partial charge is 0.398 e. The molecule has 1 aromatic rings. The van der Waals surface area contributed by atoms with Crippen molar-refractivity contribution >= 4 is 41.6 Å². The SMILES string of the molecule is CC(=O)[C@H](CCS)NC(=O)c1ccc(N)c(Cl)c1. The lowest BCUT2D eigenvalue weighted by Crippen LogP contribution is -2.40. The van der Waals surface area contributed by atoms with Gasteiger partial charge in [-0.05, 0) is 37.3 Å². The molecule has 0 fully saturated rings. The van der Waals surface area contributed by atoms with Crippen LogP contribution in [0.3, 0.4) is 0 Å². The molecule has 1 atom stereocenters. The van der Waals surface area contributed by atoms with Crippen molar-refractivity contribution in [3.63, 3.8) is 0 Å². The number of ketones is 1. The summed E-state index contributed by atoms with van der Waals surface area (Å²) in [6.45, 7) is 1.43. The van der Waals surface area contributed by atoms with Crippen LogP contribution >= 0.6 is 24.2 Å². The van der Waals surface area contributed by atoms with Crippen LogP contribution in [0.2, 0.25) is 5.02 Å². The van der Waals surface area contributed by atoms with Crippen molar-refractivity contribution in [1.29, 1.82) is 0 Å². The van der Waals surface area contributed by atoms with Crippen molar-refractivity contribution in [3.8, 4) is 0 Å². The second kappa shape index (κ2) is 6.66. The molecule has 0 spiro atoms. The second-order valence-corrected chi connectivity index (χ2v) is 4.74. The van der Waals surface area contributed by atoms with E-state index in [9.17, 15) is 9.59 Å². The van der Waals surface area contributed by atoms with Crippen molar-refractivity contribution in [2.45, 2.75) is 19.4 Å². The van der Waals surface area contributed by atoms with E-state index in [1.54, 1.807) is 12.1 Å². The van der Waals surface area contributed by atoms with Crippen LogP contribution in [-0.2, 0) is 4.79 Å². The number of hydrogen-bond acceptors (Lipinski definition) is 4. The number of hydrogen-bond donors (Lipinski definition) is 3. The number of carbonyl (C=O) groups is 2. The molecule has 0 saturated carbocycles. The molecule has 0 radical (unpaired) electrons. The number of nitrogen functional groups attached to an aromatic ring is 1. The van der Waals surface area contributed by atoms with Gasteiger partial charge in [-0.3, -0.25) is 9.59 Å². The minimum Gasteiger partial charge on any atom is -0.398 e. The number of anilines is 1. The van der Waals surface area contributed by atoms with Crippen LogP contribution in [-0.4, -0.2) is 23.5 Å². The molecule has 1 amide bonds. The van der Waals surface area contributed by atoms with E-state index in [-0.39, 0.29) is 11.7 Å². The highest BCUT2D eigenvalue weighted by atomic mass is 35.5. The first-order valence-electron chi connectivity index (χ1n) is 5.43. The van der Waals surface area contributed by atoms with Crippen LogP contribution in [0, 0.1) is 0 Å². The Morgan fingerprint density at radius 3 is 2.67 bits per heavy atom. The van der Waals surface area contributed by atoms with E-state index in [0.717, 1.165) is 0 Å². The molecule has 0 bridgehead atoms. The third-order valence-corrected chi connectivity index (χ3v) is 3.06. The number of amides is 1. The predicted octanol–water partition coefficient (Wildman–Crippen LogP) is 1.93. The topological polar surface area (TPSA) is 72.2 Å². The summed E-state index contributed by atoms with van der Waals surface area (Å²) in [5, 5.41) is 2.96. The number of rotatable bonds is 5. The van der Waals surface area contributed by atoms with Crippen LogP contribution in [0.4, 0.5) is 5.69 Å². The Bertz CT molecular complexity index is 465. The van der Waals surface area contributed by atoms with Crippen molar-refractivity contribution < 1.29 is 9.59 Å². The van der Waals surface area contributed by atoms with Gasteiger partial charge in [0.2, 0.25) is 0 Å². The van der Waals surface area contributed by atoms with Crippen LogP contribution in [0.1, 0.15) is 23.7 Å². The van der Waals surface area contributed by atoms with E-state index in [2.05, 4.69) is 17.9 Å². The highest BCUT2D eigenvalue weighted by molar-refractivity contribution is 7.80. The standard InChI is InChI=1S/C12H15ClN2O2S/c1-7(16)11(4-5-18)15-12(17)8-2-3-10(14)9(13)6-8/h2-3,6,11,18H,4-5,14H2,1H3,(H,15,17)/t11-/m0/s1. The molecule has 0 saturated heterocycles. The Kier molecular flexibility index (Phi) is 5.50. The van der Waals surface area contributed by atoms with E-state index in [1.165, 1.54) is 13.0 Å². The molecule has 0 heterocycles. The van der Waals surface area contributed by atoms with E-state index in [0.29, 0.717) is 28.4 Å². The fourth-order valence-electron chi connectivity index (χ4n) is 1.42. The molecular formula is C12H15ClN2O2S. The van der Waals surface area contributed by atoms with Crippen LogP contribution in [0.25, 0.3) is 0 Å². The summed E-state index contributed by atoms with van der Waals surface area (Å²) in [5.41, 5.74) is 6.34. The molecular weight excluding hydrogens is 272 g/mol. The summed E-state index contributed by atoms with van der Waals surface area (Å²) in [7, 11) is 0. The van der Waals surface area contributed by atoms with Gasteiger partial charge in [-0.15, -0.1) is 0 Å². The average molecular weight is 287 g/mol. The zero-order chi connectivity index (χ0) is 13.7. The lowest BCUT2D eigenvalue weighted by molar-refractivity contribution is -0.118.